The minimum Gasteiger partial charge on any atom is -0.410 e. The van der Waals surface area contributed by atoms with Crippen LogP contribution < -0.4 is 4.74 Å². The summed E-state index contributed by atoms with van der Waals surface area (Å²) in [6.45, 7) is 0.854. The molecule has 3 nitrogen and oxygen atoms in total. The lowest BCUT2D eigenvalue weighted by Crippen LogP contribution is -2.47. The molecular weight excluding hydrogens is 226 g/mol. The fraction of sp³-hybridized carbons (Fsp3) is 0.533. The molecule has 2 aliphatic rings. The first-order chi connectivity index (χ1) is 8.84. The van der Waals surface area contributed by atoms with Crippen LogP contribution in [0.4, 0.5) is 4.79 Å². The zero-order chi connectivity index (χ0) is 12.4. The van der Waals surface area contributed by atoms with E-state index < -0.39 is 0 Å². The Balaban J connectivity index is 1.68. The highest BCUT2D eigenvalue weighted by atomic mass is 16.6. The SMILES string of the molecule is O=C(Oc1ccccc1)N1CCCC2CCCC21. The van der Waals surface area contributed by atoms with Crippen LogP contribution in [0.1, 0.15) is 32.1 Å². The van der Waals surface area contributed by atoms with Crippen molar-refractivity contribution in [3.63, 3.8) is 0 Å². The first-order valence-electron chi connectivity index (χ1n) is 6.88. The van der Waals surface area contributed by atoms with Gasteiger partial charge in [0, 0.05) is 12.6 Å². The van der Waals surface area contributed by atoms with Gasteiger partial charge in [0.1, 0.15) is 5.75 Å². The van der Waals surface area contributed by atoms with E-state index in [-0.39, 0.29) is 6.09 Å². The summed E-state index contributed by atoms with van der Waals surface area (Å²) < 4.78 is 5.45. The Kier molecular flexibility index (Phi) is 3.22. The fourth-order valence-corrected chi connectivity index (χ4v) is 3.33. The molecule has 1 saturated heterocycles. The molecule has 2 unspecified atom stereocenters. The number of para-hydroxylation sites is 1. The van der Waals surface area contributed by atoms with Crippen molar-refractivity contribution in [2.24, 2.45) is 5.92 Å². The van der Waals surface area contributed by atoms with Gasteiger partial charge in [-0.25, -0.2) is 4.79 Å². The minimum absolute atomic E-state index is 0.169. The molecule has 3 heteroatoms. The summed E-state index contributed by atoms with van der Waals surface area (Å²) in [6.07, 6.45) is 5.90. The van der Waals surface area contributed by atoms with Crippen LogP contribution in [0.2, 0.25) is 0 Å². The first-order valence-corrected chi connectivity index (χ1v) is 6.88. The van der Waals surface area contributed by atoms with Gasteiger partial charge in [0.25, 0.3) is 0 Å². The molecule has 2 fully saturated rings. The highest BCUT2D eigenvalue weighted by Crippen LogP contribution is 2.37. The van der Waals surface area contributed by atoms with Crippen molar-refractivity contribution >= 4 is 6.09 Å². The van der Waals surface area contributed by atoms with Gasteiger partial charge < -0.3 is 9.64 Å². The van der Waals surface area contributed by atoms with Gasteiger partial charge in [0.2, 0.25) is 0 Å². The molecule has 1 aromatic carbocycles. The summed E-state index contributed by atoms with van der Waals surface area (Å²) >= 11 is 0. The molecule has 0 aromatic heterocycles. The second kappa shape index (κ2) is 5.01. The van der Waals surface area contributed by atoms with Crippen molar-refractivity contribution in [3.05, 3.63) is 30.3 Å². The van der Waals surface area contributed by atoms with Crippen LogP contribution >= 0.6 is 0 Å². The summed E-state index contributed by atoms with van der Waals surface area (Å²) in [6, 6.07) is 9.77. The molecule has 96 valence electrons. The Labute approximate surface area is 108 Å². The minimum atomic E-state index is -0.169. The Bertz CT molecular complexity index is 418. The number of carbonyl (C=O) groups excluding carboxylic acids is 1. The van der Waals surface area contributed by atoms with Crippen LogP contribution in [0.15, 0.2) is 30.3 Å². The molecule has 1 aromatic rings. The Morgan fingerprint density at radius 3 is 2.72 bits per heavy atom. The number of hydrogen-bond acceptors (Lipinski definition) is 2. The van der Waals surface area contributed by atoms with Crippen molar-refractivity contribution in [1.29, 1.82) is 0 Å². The van der Waals surface area contributed by atoms with Crippen LogP contribution in [-0.2, 0) is 0 Å². The number of fused-ring (bicyclic) bond motifs is 1. The molecule has 0 bridgehead atoms. The van der Waals surface area contributed by atoms with E-state index in [0.29, 0.717) is 17.7 Å². The van der Waals surface area contributed by atoms with Crippen molar-refractivity contribution in [1.82, 2.24) is 4.90 Å². The van der Waals surface area contributed by atoms with Gasteiger partial charge in [-0.15, -0.1) is 0 Å². The first kappa shape index (κ1) is 11.6. The normalized spacial score (nSPS) is 26.8. The van der Waals surface area contributed by atoms with Gasteiger partial charge in [0.15, 0.2) is 0 Å². The van der Waals surface area contributed by atoms with E-state index in [1.165, 1.54) is 19.3 Å². The van der Waals surface area contributed by atoms with Crippen LogP contribution in [0, 0.1) is 5.92 Å². The molecular formula is C15H19NO2. The largest absolute Gasteiger partial charge is 0.415 e. The highest BCUT2D eigenvalue weighted by molar-refractivity contribution is 5.71. The third kappa shape index (κ3) is 2.22. The predicted molar refractivity (Wildman–Crippen MR) is 69.5 cm³/mol. The van der Waals surface area contributed by atoms with E-state index in [4.69, 9.17) is 4.74 Å². The van der Waals surface area contributed by atoms with Crippen LogP contribution in [0.3, 0.4) is 0 Å². The third-order valence-corrected chi connectivity index (χ3v) is 4.18. The summed E-state index contributed by atoms with van der Waals surface area (Å²) in [4.78, 5) is 14.2. The number of benzene rings is 1. The highest BCUT2D eigenvalue weighted by Gasteiger charge is 2.38. The average Bonchev–Trinajstić information content (AvgIpc) is 2.87. The summed E-state index contributed by atoms with van der Waals surface area (Å²) in [5.74, 6) is 1.35. The van der Waals surface area contributed by atoms with Gasteiger partial charge in [-0.3, -0.25) is 0 Å². The van der Waals surface area contributed by atoms with Crippen LogP contribution in [-0.4, -0.2) is 23.6 Å². The predicted octanol–water partition coefficient (Wildman–Crippen LogP) is 3.45. The van der Waals surface area contributed by atoms with Gasteiger partial charge in [-0.2, -0.15) is 0 Å². The van der Waals surface area contributed by atoms with E-state index in [0.717, 1.165) is 19.4 Å². The second-order valence-electron chi connectivity index (χ2n) is 5.27. The lowest BCUT2D eigenvalue weighted by molar-refractivity contribution is 0.0957. The number of amides is 1. The van der Waals surface area contributed by atoms with Gasteiger partial charge in [0.05, 0.1) is 0 Å². The molecule has 0 spiro atoms. The van der Waals surface area contributed by atoms with E-state index in [1.807, 2.05) is 35.2 Å². The molecule has 1 aliphatic heterocycles. The Hall–Kier alpha value is -1.51. The maximum Gasteiger partial charge on any atom is 0.415 e. The molecule has 18 heavy (non-hydrogen) atoms. The lowest BCUT2D eigenvalue weighted by atomic mass is 9.92. The molecule has 2 atom stereocenters. The maximum atomic E-state index is 12.2. The van der Waals surface area contributed by atoms with E-state index in [9.17, 15) is 4.79 Å². The molecule has 0 N–H and O–H groups in total. The molecule has 0 radical (unpaired) electrons. The zero-order valence-corrected chi connectivity index (χ0v) is 10.5. The maximum absolute atomic E-state index is 12.2. The Morgan fingerprint density at radius 2 is 1.89 bits per heavy atom. The topological polar surface area (TPSA) is 29.5 Å². The standard InChI is InChI=1S/C15H19NO2/c17-15(18-13-8-2-1-3-9-13)16-11-5-7-12-6-4-10-14(12)16/h1-3,8-9,12,14H,4-7,10-11H2. The van der Waals surface area contributed by atoms with E-state index in [2.05, 4.69) is 0 Å². The van der Waals surface area contributed by atoms with Gasteiger partial charge in [-0.1, -0.05) is 24.6 Å². The average molecular weight is 245 g/mol. The van der Waals surface area contributed by atoms with E-state index in [1.54, 1.807) is 0 Å². The van der Waals surface area contributed by atoms with Crippen LogP contribution in [0.25, 0.3) is 0 Å². The zero-order valence-electron chi connectivity index (χ0n) is 10.5. The van der Waals surface area contributed by atoms with E-state index >= 15 is 0 Å². The summed E-state index contributed by atoms with van der Waals surface area (Å²) in [5, 5.41) is 0. The third-order valence-electron chi connectivity index (χ3n) is 4.18. The number of piperidine rings is 1. The number of likely N-dealkylation sites (tertiary alicyclic amines) is 1. The number of nitrogens with zero attached hydrogens (tertiary/aromatic N) is 1. The molecule has 3 rings (SSSR count). The van der Waals surface area contributed by atoms with Crippen LogP contribution in [0.5, 0.6) is 5.75 Å². The summed E-state index contributed by atoms with van der Waals surface area (Å²) in [5.41, 5.74) is 0. The number of hydrogen-bond donors (Lipinski definition) is 0. The quantitative estimate of drug-likeness (QED) is 0.758. The van der Waals surface area contributed by atoms with Gasteiger partial charge in [-0.05, 0) is 43.7 Å². The molecule has 1 heterocycles. The van der Waals surface area contributed by atoms with Crippen molar-refractivity contribution in [2.45, 2.75) is 38.1 Å². The number of ether oxygens (including phenoxy) is 1. The van der Waals surface area contributed by atoms with Crippen molar-refractivity contribution < 1.29 is 9.53 Å². The lowest BCUT2D eigenvalue weighted by Gasteiger charge is -2.36. The number of carbonyl (C=O) groups is 1. The molecule has 1 amide bonds. The monoisotopic (exact) mass is 245 g/mol. The van der Waals surface area contributed by atoms with Gasteiger partial charge >= 0.3 is 6.09 Å². The summed E-state index contributed by atoms with van der Waals surface area (Å²) in [7, 11) is 0. The Morgan fingerprint density at radius 1 is 1.11 bits per heavy atom. The molecule has 1 saturated carbocycles. The van der Waals surface area contributed by atoms with Crippen molar-refractivity contribution in [2.75, 3.05) is 6.54 Å². The molecule has 1 aliphatic carbocycles. The smallest absolute Gasteiger partial charge is 0.410 e. The fourth-order valence-electron chi connectivity index (χ4n) is 3.33. The second-order valence-corrected chi connectivity index (χ2v) is 5.27. The number of rotatable bonds is 1. The van der Waals surface area contributed by atoms with Crippen molar-refractivity contribution in [3.8, 4) is 5.75 Å².